The summed E-state index contributed by atoms with van der Waals surface area (Å²) in [5.41, 5.74) is -0.354. The smallest absolute Gasteiger partial charge is 0.481 e. The number of phosphoric ester groups is 1. The second-order valence-corrected chi connectivity index (χ2v) is 5.70. The minimum atomic E-state index is -4.67. The van der Waals surface area contributed by atoms with Crippen LogP contribution in [0.4, 0.5) is 0 Å². The average molecular weight is 274 g/mol. The Morgan fingerprint density at radius 2 is 1.89 bits per heavy atom. The summed E-state index contributed by atoms with van der Waals surface area (Å²) in [4.78, 5) is 28.4. The SMILES string of the molecule is CC(C)(CC(=O)O)c1ccccc1OP(=O)(O)O. The first kappa shape index (κ1) is 14.7. The van der Waals surface area contributed by atoms with Gasteiger partial charge in [-0.3, -0.25) is 14.6 Å². The van der Waals surface area contributed by atoms with E-state index in [1.807, 2.05) is 0 Å². The van der Waals surface area contributed by atoms with E-state index in [2.05, 4.69) is 4.52 Å². The van der Waals surface area contributed by atoms with Gasteiger partial charge in [0.1, 0.15) is 5.75 Å². The van der Waals surface area contributed by atoms with Gasteiger partial charge in [0.15, 0.2) is 0 Å². The van der Waals surface area contributed by atoms with Crippen molar-refractivity contribution >= 4 is 13.8 Å². The van der Waals surface area contributed by atoms with Gasteiger partial charge in [0, 0.05) is 11.0 Å². The topological polar surface area (TPSA) is 104 Å². The minimum Gasteiger partial charge on any atom is -0.481 e. The molecule has 0 aliphatic heterocycles. The molecule has 0 unspecified atom stereocenters. The molecule has 0 heterocycles. The van der Waals surface area contributed by atoms with Crippen LogP contribution in [-0.4, -0.2) is 20.9 Å². The van der Waals surface area contributed by atoms with Gasteiger partial charge in [-0.25, -0.2) is 4.57 Å². The van der Waals surface area contributed by atoms with Crippen molar-refractivity contribution in [1.29, 1.82) is 0 Å². The first-order chi connectivity index (χ1) is 8.12. The Bertz CT molecular complexity index is 490. The number of carboxylic acids is 1. The van der Waals surface area contributed by atoms with Crippen LogP contribution in [0.1, 0.15) is 25.8 Å². The largest absolute Gasteiger partial charge is 0.524 e. The van der Waals surface area contributed by atoms with E-state index in [1.54, 1.807) is 32.0 Å². The molecule has 1 rings (SSSR count). The van der Waals surface area contributed by atoms with Crippen LogP contribution in [0, 0.1) is 0 Å². The molecule has 0 radical (unpaired) electrons. The van der Waals surface area contributed by atoms with Gasteiger partial charge in [-0.05, 0) is 6.07 Å². The lowest BCUT2D eigenvalue weighted by Crippen LogP contribution is -2.22. The Kier molecular flexibility index (Phi) is 4.16. The Morgan fingerprint density at radius 1 is 1.33 bits per heavy atom. The van der Waals surface area contributed by atoms with E-state index in [-0.39, 0.29) is 12.2 Å². The molecule has 0 aliphatic rings. The Balaban J connectivity index is 3.16. The van der Waals surface area contributed by atoms with Crippen molar-refractivity contribution in [2.24, 2.45) is 0 Å². The van der Waals surface area contributed by atoms with Gasteiger partial charge in [-0.1, -0.05) is 32.0 Å². The third-order valence-corrected chi connectivity index (χ3v) is 2.86. The van der Waals surface area contributed by atoms with Crippen molar-refractivity contribution in [2.75, 3.05) is 0 Å². The fourth-order valence-corrected chi connectivity index (χ4v) is 2.12. The summed E-state index contributed by atoms with van der Waals surface area (Å²) in [5.74, 6) is -0.997. The van der Waals surface area contributed by atoms with Crippen LogP contribution in [0.25, 0.3) is 0 Å². The fourth-order valence-electron chi connectivity index (χ4n) is 1.71. The Labute approximate surface area is 104 Å². The van der Waals surface area contributed by atoms with E-state index in [1.165, 1.54) is 6.07 Å². The lowest BCUT2D eigenvalue weighted by atomic mass is 9.81. The van der Waals surface area contributed by atoms with Gasteiger partial charge < -0.3 is 9.63 Å². The maximum atomic E-state index is 10.9. The van der Waals surface area contributed by atoms with Crippen LogP contribution in [0.5, 0.6) is 5.75 Å². The van der Waals surface area contributed by atoms with E-state index in [0.717, 1.165) is 0 Å². The first-order valence-corrected chi connectivity index (χ1v) is 6.71. The molecule has 7 heteroatoms. The van der Waals surface area contributed by atoms with E-state index < -0.39 is 19.2 Å². The zero-order valence-electron chi connectivity index (χ0n) is 10.0. The third-order valence-electron chi connectivity index (χ3n) is 2.43. The second-order valence-electron chi connectivity index (χ2n) is 4.53. The molecule has 3 N–H and O–H groups in total. The second kappa shape index (κ2) is 5.10. The molecule has 18 heavy (non-hydrogen) atoms. The van der Waals surface area contributed by atoms with Crippen molar-refractivity contribution in [1.82, 2.24) is 0 Å². The molecule has 0 saturated carbocycles. The summed E-state index contributed by atoms with van der Waals surface area (Å²) >= 11 is 0. The van der Waals surface area contributed by atoms with Crippen LogP contribution in [0.3, 0.4) is 0 Å². The van der Waals surface area contributed by atoms with Crippen LogP contribution in [0.15, 0.2) is 24.3 Å². The molecule has 0 atom stereocenters. The maximum absolute atomic E-state index is 10.9. The number of phosphoric acid groups is 1. The molecule has 6 nitrogen and oxygen atoms in total. The van der Waals surface area contributed by atoms with Crippen LogP contribution < -0.4 is 4.52 Å². The van der Waals surface area contributed by atoms with Crippen molar-refractivity contribution in [2.45, 2.75) is 25.7 Å². The van der Waals surface area contributed by atoms with Gasteiger partial charge in [0.25, 0.3) is 0 Å². The summed E-state index contributed by atoms with van der Waals surface area (Å²) in [5, 5.41) is 8.84. The normalized spacial score (nSPS) is 12.2. The lowest BCUT2D eigenvalue weighted by Gasteiger charge is -2.25. The number of benzene rings is 1. The first-order valence-electron chi connectivity index (χ1n) is 5.18. The highest BCUT2D eigenvalue weighted by Crippen LogP contribution is 2.43. The predicted molar refractivity (Wildman–Crippen MR) is 64.4 cm³/mol. The number of aliphatic carboxylic acids is 1. The summed E-state index contributed by atoms with van der Waals surface area (Å²) < 4.78 is 15.4. The molecule has 0 amide bonds. The number of carboxylic acid groups (broad SMARTS) is 1. The molecule has 100 valence electrons. The number of carbonyl (C=O) groups is 1. The van der Waals surface area contributed by atoms with E-state index in [0.29, 0.717) is 5.56 Å². The molecular weight excluding hydrogens is 259 g/mol. The molecule has 1 aromatic rings. The maximum Gasteiger partial charge on any atom is 0.524 e. The third kappa shape index (κ3) is 4.14. The molecule has 0 aliphatic carbocycles. The molecule has 0 saturated heterocycles. The standard InChI is InChI=1S/C11H15O6P/c1-11(2,7-10(12)13)8-5-3-4-6-9(8)17-18(14,15)16/h3-6H,7H2,1-2H3,(H,12,13)(H2,14,15,16). The highest BCUT2D eigenvalue weighted by molar-refractivity contribution is 7.46. The van der Waals surface area contributed by atoms with Gasteiger partial charge in [0.2, 0.25) is 0 Å². The van der Waals surface area contributed by atoms with Crippen molar-refractivity contribution < 1.29 is 28.8 Å². The van der Waals surface area contributed by atoms with E-state index in [4.69, 9.17) is 14.9 Å². The summed E-state index contributed by atoms with van der Waals surface area (Å²) in [6.45, 7) is 3.34. The number of para-hydroxylation sites is 1. The molecule has 0 fully saturated rings. The zero-order valence-corrected chi connectivity index (χ0v) is 10.9. The highest BCUT2D eigenvalue weighted by Gasteiger charge is 2.29. The fraction of sp³-hybridized carbons (Fsp3) is 0.364. The Morgan fingerprint density at radius 3 is 2.39 bits per heavy atom. The highest BCUT2D eigenvalue weighted by atomic mass is 31.2. The van der Waals surface area contributed by atoms with Crippen LogP contribution in [0.2, 0.25) is 0 Å². The van der Waals surface area contributed by atoms with E-state index >= 15 is 0 Å². The molecule has 0 bridgehead atoms. The van der Waals surface area contributed by atoms with Crippen molar-refractivity contribution in [3.05, 3.63) is 29.8 Å². The number of hydrogen-bond acceptors (Lipinski definition) is 3. The van der Waals surface area contributed by atoms with E-state index in [9.17, 15) is 9.36 Å². The zero-order chi connectivity index (χ0) is 14.0. The summed E-state index contributed by atoms with van der Waals surface area (Å²) in [6.07, 6.45) is -0.172. The molecule has 1 aromatic carbocycles. The predicted octanol–water partition coefficient (Wildman–Crippen LogP) is 1.91. The summed E-state index contributed by atoms with van der Waals surface area (Å²) in [7, 11) is -4.67. The van der Waals surface area contributed by atoms with Gasteiger partial charge in [-0.2, -0.15) is 0 Å². The van der Waals surface area contributed by atoms with Gasteiger partial charge in [0.05, 0.1) is 6.42 Å². The molecule has 0 aromatic heterocycles. The van der Waals surface area contributed by atoms with Gasteiger partial charge in [-0.15, -0.1) is 0 Å². The molecule has 0 spiro atoms. The number of rotatable bonds is 5. The average Bonchev–Trinajstić information content (AvgIpc) is 2.13. The monoisotopic (exact) mass is 274 g/mol. The molecular formula is C11H15O6P. The summed E-state index contributed by atoms with van der Waals surface area (Å²) in [6, 6.07) is 6.21. The minimum absolute atomic E-state index is 0.00270. The van der Waals surface area contributed by atoms with Crippen molar-refractivity contribution in [3.8, 4) is 5.75 Å². The quantitative estimate of drug-likeness (QED) is 0.708. The van der Waals surface area contributed by atoms with Gasteiger partial charge >= 0.3 is 13.8 Å². The Hall–Kier alpha value is -1.36. The van der Waals surface area contributed by atoms with Crippen LogP contribution in [-0.2, 0) is 14.8 Å². The van der Waals surface area contributed by atoms with Crippen molar-refractivity contribution in [3.63, 3.8) is 0 Å². The van der Waals surface area contributed by atoms with Crippen LogP contribution >= 0.6 is 7.82 Å². The lowest BCUT2D eigenvalue weighted by molar-refractivity contribution is -0.138. The number of hydrogen-bond donors (Lipinski definition) is 3.